The Labute approximate surface area is 84.4 Å². The summed E-state index contributed by atoms with van der Waals surface area (Å²) in [5, 5.41) is 2.77. The van der Waals surface area contributed by atoms with E-state index in [1.54, 1.807) is 14.1 Å². The fourth-order valence-electron chi connectivity index (χ4n) is 1.49. The van der Waals surface area contributed by atoms with Crippen molar-refractivity contribution in [3.05, 3.63) is 27.2 Å². The molecule has 80 valence electrons. The van der Waals surface area contributed by atoms with Gasteiger partial charge in [0.2, 0.25) is 0 Å². The van der Waals surface area contributed by atoms with E-state index < -0.39 is 0 Å². The van der Waals surface area contributed by atoms with Crippen LogP contribution >= 0.6 is 0 Å². The average molecular weight is 209 g/mol. The summed E-state index contributed by atoms with van der Waals surface area (Å²) in [5.41, 5.74) is -0.0291. The second kappa shape index (κ2) is 3.35. The highest BCUT2D eigenvalue weighted by atomic mass is 16.2. The normalized spacial score (nSPS) is 11.1. The molecule has 0 aliphatic carbocycles. The number of H-pyrrole nitrogens is 1. The summed E-state index contributed by atoms with van der Waals surface area (Å²) in [4.78, 5) is 30.2. The van der Waals surface area contributed by atoms with Crippen molar-refractivity contribution in [2.24, 2.45) is 7.05 Å². The summed E-state index contributed by atoms with van der Waals surface area (Å²) in [5.74, 6) is 0. The highest BCUT2D eigenvalue weighted by Gasteiger charge is 2.11. The number of hydrogen-bond acceptors (Lipinski definition) is 4. The van der Waals surface area contributed by atoms with Gasteiger partial charge in [-0.2, -0.15) is 0 Å². The molecule has 0 spiro atoms. The quantitative estimate of drug-likeness (QED) is 0.637. The van der Waals surface area contributed by atoms with E-state index in [1.807, 2.05) is 0 Å². The van der Waals surface area contributed by atoms with Crippen molar-refractivity contribution in [3.63, 3.8) is 0 Å². The van der Waals surface area contributed by atoms with Crippen LogP contribution in [0.4, 0.5) is 0 Å². The monoisotopic (exact) mass is 209 g/mol. The minimum absolute atomic E-state index is 0.181. The Morgan fingerprint density at radius 2 is 2.27 bits per heavy atom. The van der Waals surface area contributed by atoms with E-state index in [0.717, 1.165) is 4.57 Å². The Bertz CT molecular complexity index is 606. The lowest BCUT2D eigenvalue weighted by molar-refractivity contribution is 0.552. The molecule has 0 bridgehead atoms. The zero-order valence-electron chi connectivity index (χ0n) is 8.44. The average Bonchev–Trinajstić information content (AvgIpc) is 2.70. The van der Waals surface area contributed by atoms with Crippen molar-refractivity contribution in [1.29, 1.82) is 0 Å². The Hall–Kier alpha value is -1.89. The number of fused-ring (bicyclic) bond motifs is 1. The van der Waals surface area contributed by atoms with Crippen LogP contribution in [0, 0.1) is 0 Å². The first-order chi connectivity index (χ1) is 7.16. The van der Waals surface area contributed by atoms with Crippen LogP contribution in [0.15, 0.2) is 15.9 Å². The van der Waals surface area contributed by atoms with Crippen LogP contribution in [-0.4, -0.2) is 26.1 Å². The number of rotatable bonds is 2. The first-order valence-corrected chi connectivity index (χ1v) is 4.44. The number of aromatic nitrogens is 4. The molecular weight excluding hydrogens is 198 g/mol. The number of aromatic amines is 1. The number of imidazole rings is 1. The lowest BCUT2D eigenvalue weighted by atomic mass is 10.5. The van der Waals surface area contributed by atoms with Crippen molar-refractivity contribution in [2.45, 2.75) is 6.67 Å². The lowest BCUT2D eigenvalue weighted by Crippen LogP contribution is -2.41. The van der Waals surface area contributed by atoms with Crippen LogP contribution in [0.1, 0.15) is 0 Å². The highest BCUT2D eigenvalue weighted by molar-refractivity contribution is 5.68. The van der Waals surface area contributed by atoms with Gasteiger partial charge < -0.3 is 10.3 Å². The van der Waals surface area contributed by atoms with Gasteiger partial charge in [-0.15, -0.1) is 0 Å². The van der Waals surface area contributed by atoms with Crippen LogP contribution < -0.4 is 16.6 Å². The molecule has 2 rings (SSSR count). The van der Waals surface area contributed by atoms with Crippen molar-refractivity contribution < 1.29 is 0 Å². The standard InChI is InChI=1S/C8H11N5O2/c1-9-4-13-7(14)5-6(11-3-10-5)12(2)8(13)15/h3,9H,4H2,1-2H3,(H,10,11). The van der Waals surface area contributed by atoms with Gasteiger partial charge in [-0.05, 0) is 7.05 Å². The summed E-state index contributed by atoms with van der Waals surface area (Å²) < 4.78 is 2.45. The van der Waals surface area contributed by atoms with E-state index in [-0.39, 0.29) is 17.9 Å². The molecule has 15 heavy (non-hydrogen) atoms. The third kappa shape index (κ3) is 1.28. The molecule has 2 N–H and O–H groups in total. The van der Waals surface area contributed by atoms with E-state index in [1.165, 1.54) is 10.9 Å². The van der Waals surface area contributed by atoms with Gasteiger partial charge in [0.15, 0.2) is 5.65 Å². The molecule has 0 saturated carbocycles. The SMILES string of the molecule is CNCn1c(=O)c2[nH]cnc2n(C)c1=O. The summed E-state index contributed by atoms with van der Waals surface area (Å²) in [6.07, 6.45) is 1.40. The third-order valence-corrected chi connectivity index (χ3v) is 2.23. The summed E-state index contributed by atoms with van der Waals surface area (Å²) in [6, 6.07) is 0. The molecule has 2 aromatic heterocycles. The minimum Gasteiger partial charge on any atom is -0.339 e. The van der Waals surface area contributed by atoms with E-state index in [0.29, 0.717) is 11.2 Å². The number of aryl methyl sites for hydroxylation is 1. The van der Waals surface area contributed by atoms with Gasteiger partial charge in [-0.3, -0.25) is 9.36 Å². The smallest absolute Gasteiger partial charge is 0.333 e. The molecule has 0 saturated heterocycles. The molecule has 0 unspecified atom stereocenters. The first kappa shape index (κ1) is 9.66. The molecule has 0 aliphatic heterocycles. The van der Waals surface area contributed by atoms with Gasteiger partial charge in [-0.1, -0.05) is 0 Å². The number of nitrogens with one attached hydrogen (secondary N) is 2. The predicted molar refractivity (Wildman–Crippen MR) is 54.7 cm³/mol. The van der Waals surface area contributed by atoms with Gasteiger partial charge in [0.1, 0.15) is 5.52 Å². The Morgan fingerprint density at radius 1 is 1.53 bits per heavy atom. The molecule has 0 fully saturated rings. The Morgan fingerprint density at radius 3 is 2.93 bits per heavy atom. The van der Waals surface area contributed by atoms with Crippen molar-refractivity contribution >= 4 is 11.2 Å². The van der Waals surface area contributed by atoms with E-state index in [2.05, 4.69) is 15.3 Å². The van der Waals surface area contributed by atoms with Crippen LogP contribution in [0.2, 0.25) is 0 Å². The van der Waals surface area contributed by atoms with E-state index in [4.69, 9.17) is 0 Å². The lowest BCUT2D eigenvalue weighted by Gasteiger charge is -2.06. The first-order valence-electron chi connectivity index (χ1n) is 4.44. The van der Waals surface area contributed by atoms with Gasteiger partial charge in [0.25, 0.3) is 5.56 Å². The van der Waals surface area contributed by atoms with Gasteiger partial charge in [0.05, 0.1) is 13.0 Å². The largest absolute Gasteiger partial charge is 0.339 e. The maximum atomic E-state index is 11.8. The third-order valence-electron chi connectivity index (χ3n) is 2.23. The molecule has 2 heterocycles. The van der Waals surface area contributed by atoms with Crippen molar-refractivity contribution in [2.75, 3.05) is 7.05 Å². The van der Waals surface area contributed by atoms with Crippen molar-refractivity contribution in [1.82, 2.24) is 24.4 Å². The van der Waals surface area contributed by atoms with Gasteiger partial charge in [-0.25, -0.2) is 14.3 Å². The van der Waals surface area contributed by atoms with Gasteiger partial charge >= 0.3 is 5.69 Å². The van der Waals surface area contributed by atoms with Crippen molar-refractivity contribution in [3.8, 4) is 0 Å². The Balaban J connectivity index is 2.93. The Kier molecular flexibility index (Phi) is 2.16. The summed E-state index contributed by atoms with van der Waals surface area (Å²) in [6.45, 7) is 0.181. The maximum Gasteiger partial charge on any atom is 0.333 e. The molecule has 7 nitrogen and oxygen atoms in total. The zero-order valence-corrected chi connectivity index (χ0v) is 8.44. The molecular formula is C8H11N5O2. The summed E-state index contributed by atoms with van der Waals surface area (Å²) in [7, 11) is 3.25. The molecule has 2 aromatic rings. The van der Waals surface area contributed by atoms with Crippen LogP contribution in [0.3, 0.4) is 0 Å². The molecule has 0 atom stereocenters. The fourth-order valence-corrected chi connectivity index (χ4v) is 1.49. The highest BCUT2D eigenvalue weighted by Crippen LogP contribution is 1.97. The van der Waals surface area contributed by atoms with E-state index >= 15 is 0 Å². The maximum absolute atomic E-state index is 11.8. The molecule has 7 heteroatoms. The second-order valence-electron chi connectivity index (χ2n) is 3.19. The molecule has 0 amide bonds. The molecule has 0 aromatic carbocycles. The zero-order chi connectivity index (χ0) is 11.0. The van der Waals surface area contributed by atoms with Gasteiger partial charge in [0, 0.05) is 7.05 Å². The number of hydrogen-bond donors (Lipinski definition) is 2. The van der Waals surface area contributed by atoms with E-state index in [9.17, 15) is 9.59 Å². The molecule has 0 radical (unpaired) electrons. The topological polar surface area (TPSA) is 84.7 Å². The molecule has 0 aliphatic rings. The van der Waals surface area contributed by atoms with Crippen LogP contribution in [0.25, 0.3) is 11.2 Å². The predicted octanol–water partition coefficient (Wildman–Crippen LogP) is -1.40. The second-order valence-corrected chi connectivity index (χ2v) is 3.19. The summed E-state index contributed by atoms with van der Waals surface area (Å²) >= 11 is 0. The van der Waals surface area contributed by atoms with Crippen LogP contribution in [0.5, 0.6) is 0 Å². The number of nitrogens with zero attached hydrogens (tertiary/aromatic N) is 3. The fraction of sp³-hybridized carbons (Fsp3) is 0.375. The van der Waals surface area contributed by atoms with Crippen LogP contribution in [-0.2, 0) is 13.7 Å². The minimum atomic E-state index is -0.381.